The summed E-state index contributed by atoms with van der Waals surface area (Å²) >= 11 is 1.72. The van der Waals surface area contributed by atoms with Crippen molar-refractivity contribution in [3.05, 3.63) is 40.1 Å². The van der Waals surface area contributed by atoms with Crippen molar-refractivity contribution in [3.8, 4) is 11.5 Å². The maximum absolute atomic E-state index is 12.5. The molecular formula is C18H22N2O3S. The molecule has 1 aliphatic heterocycles. The summed E-state index contributed by atoms with van der Waals surface area (Å²) in [5, 5.41) is 5.04. The summed E-state index contributed by atoms with van der Waals surface area (Å²) in [6, 6.07) is 7.34. The normalized spacial score (nSPS) is 14.5. The minimum Gasteiger partial charge on any atom is -0.486 e. The van der Waals surface area contributed by atoms with Gasteiger partial charge in [-0.3, -0.25) is 9.69 Å². The van der Waals surface area contributed by atoms with Crippen LogP contribution >= 0.6 is 11.3 Å². The van der Waals surface area contributed by atoms with E-state index in [1.807, 2.05) is 37.1 Å². The van der Waals surface area contributed by atoms with Crippen molar-refractivity contribution in [2.45, 2.75) is 26.4 Å². The van der Waals surface area contributed by atoms with E-state index in [1.54, 1.807) is 11.3 Å². The molecule has 0 bridgehead atoms. The number of hydrogen-bond donors (Lipinski definition) is 1. The fraction of sp³-hybridized carbons (Fsp3) is 0.389. The van der Waals surface area contributed by atoms with Gasteiger partial charge in [-0.15, -0.1) is 11.3 Å². The highest BCUT2D eigenvalue weighted by molar-refractivity contribution is 7.10. The zero-order valence-corrected chi connectivity index (χ0v) is 15.0. The lowest BCUT2D eigenvalue weighted by Crippen LogP contribution is -2.39. The first-order chi connectivity index (χ1) is 11.5. The van der Waals surface area contributed by atoms with Crippen LogP contribution in [-0.2, 0) is 11.3 Å². The first-order valence-electron chi connectivity index (χ1n) is 7.98. The van der Waals surface area contributed by atoms with Crippen LogP contribution in [0.25, 0.3) is 0 Å². The summed E-state index contributed by atoms with van der Waals surface area (Å²) < 4.78 is 11.0. The molecule has 3 rings (SSSR count). The number of carbonyl (C=O) groups is 1. The molecule has 1 atom stereocenters. The number of ether oxygens (including phenoxy) is 2. The van der Waals surface area contributed by atoms with Crippen molar-refractivity contribution >= 4 is 22.9 Å². The van der Waals surface area contributed by atoms with E-state index in [1.165, 1.54) is 10.4 Å². The summed E-state index contributed by atoms with van der Waals surface area (Å²) in [6.45, 7) is 5.86. The Bertz CT molecular complexity index is 729. The maximum Gasteiger partial charge on any atom is 0.241 e. The Labute approximate surface area is 146 Å². The van der Waals surface area contributed by atoms with Gasteiger partial charge in [-0.1, -0.05) is 0 Å². The molecule has 1 N–H and O–H groups in total. The summed E-state index contributed by atoms with van der Waals surface area (Å²) in [5.74, 6) is 1.36. The number of nitrogens with one attached hydrogen (secondary N) is 1. The predicted molar refractivity (Wildman–Crippen MR) is 96.0 cm³/mol. The number of carbonyl (C=O) groups excluding carboxylic acids is 1. The van der Waals surface area contributed by atoms with Crippen molar-refractivity contribution < 1.29 is 14.3 Å². The van der Waals surface area contributed by atoms with Crippen molar-refractivity contribution in [1.82, 2.24) is 4.90 Å². The van der Waals surface area contributed by atoms with Crippen LogP contribution in [0.2, 0.25) is 0 Å². The molecule has 0 saturated heterocycles. The number of fused-ring (bicyclic) bond motifs is 1. The van der Waals surface area contributed by atoms with Crippen LogP contribution in [-0.4, -0.2) is 37.1 Å². The van der Waals surface area contributed by atoms with Crippen LogP contribution in [0.1, 0.15) is 17.4 Å². The van der Waals surface area contributed by atoms with Gasteiger partial charge in [0, 0.05) is 23.2 Å². The number of benzene rings is 1. The molecule has 1 aromatic heterocycles. The molecule has 1 aromatic carbocycles. The van der Waals surface area contributed by atoms with E-state index in [2.05, 4.69) is 23.7 Å². The minimum atomic E-state index is -0.236. The van der Waals surface area contributed by atoms with Crippen LogP contribution in [0.15, 0.2) is 29.6 Å². The minimum absolute atomic E-state index is 0.0385. The molecule has 0 radical (unpaired) electrons. The molecule has 6 heteroatoms. The van der Waals surface area contributed by atoms with Crippen LogP contribution in [0.5, 0.6) is 11.5 Å². The summed E-state index contributed by atoms with van der Waals surface area (Å²) in [7, 11) is 1.97. The number of hydrogen-bond acceptors (Lipinski definition) is 5. The molecule has 0 spiro atoms. The molecular weight excluding hydrogens is 324 g/mol. The highest BCUT2D eigenvalue weighted by Crippen LogP contribution is 2.32. The van der Waals surface area contributed by atoms with E-state index < -0.39 is 0 Å². The molecule has 2 aromatic rings. The zero-order chi connectivity index (χ0) is 17.1. The van der Waals surface area contributed by atoms with Gasteiger partial charge in [-0.25, -0.2) is 0 Å². The Morgan fingerprint density at radius 3 is 2.75 bits per heavy atom. The third kappa shape index (κ3) is 3.71. The van der Waals surface area contributed by atoms with Crippen molar-refractivity contribution in [1.29, 1.82) is 0 Å². The molecule has 2 heterocycles. The van der Waals surface area contributed by atoms with Crippen LogP contribution in [0.4, 0.5) is 5.69 Å². The lowest BCUT2D eigenvalue weighted by Gasteiger charge is -2.24. The SMILES string of the molecule is Cc1ccsc1CN(C)C(C)C(=O)Nc1ccc2c(c1)OCCO2. The van der Waals surface area contributed by atoms with Gasteiger partial charge in [0.05, 0.1) is 6.04 Å². The van der Waals surface area contributed by atoms with Gasteiger partial charge in [-0.2, -0.15) is 0 Å². The number of thiophene rings is 1. The largest absolute Gasteiger partial charge is 0.486 e. The Morgan fingerprint density at radius 1 is 1.29 bits per heavy atom. The third-order valence-corrected chi connectivity index (χ3v) is 5.22. The van der Waals surface area contributed by atoms with Crippen molar-refractivity contribution in [2.24, 2.45) is 0 Å². The summed E-state index contributed by atoms with van der Waals surface area (Å²) in [4.78, 5) is 15.9. The zero-order valence-electron chi connectivity index (χ0n) is 14.2. The Hall–Kier alpha value is -2.05. The highest BCUT2D eigenvalue weighted by Gasteiger charge is 2.20. The molecule has 0 fully saturated rings. The molecule has 1 unspecified atom stereocenters. The second-order valence-corrected chi connectivity index (χ2v) is 6.97. The molecule has 128 valence electrons. The Morgan fingerprint density at radius 2 is 2.04 bits per heavy atom. The standard InChI is InChI=1S/C18H22N2O3S/c1-12-6-9-24-17(12)11-20(3)13(2)18(21)19-14-4-5-15-16(10-14)23-8-7-22-15/h4-6,9-10,13H,7-8,11H2,1-3H3,(H,19,21). The number of amides is 1. The molecule has 0 saturated carbocycles. The Balaban J connectivity index is 1.62. The van der Waals surface area contributed by atoms with E-state index >= 15 is 0 Å². The highest BCUT2D eigenvalue weighted by atomic mass is 32.1. The van der Waals surface area contributed by atoms with Gasteiger partial charge in [-0.05, 0) is 50.0 Å². The van der Waals surface area contributed by atoms with Crippen LogP contribution < -0.4 is 14.8 Å². The molecule has 1 amide bonds. The van der Waals surface area contributed by atoms with E-state index in [4.69, 9.17) is 9.47 Å². The van der Waals surface area contributed by atoms with E-state index in [9.17, 15) is 4.79 Å². The summed E-state index contributed by atoms with van der Waals surface area (Å²) in [6.07, 6.45) is 0. The van der Waals surface area contributed by atoms with Gasteiger partial charge >= 0.3 is 0 Å². The van der Waals surface area contributed by atoms with Crippen molar-refractivity contribution in [2.75, 3.05) is 25.6 Å². The van der Waals surface area contributed by atoms with Crippen LogP contribution in [0.3, 0.4) is 0 Å². The predicted octanol–water partition coefficient (Wildman–Crippen LogP) is 3.29. The van der Waals surface area contributed by atoms with Gasteiger partial charge in [0.2, 0.25) is 5.91 Å². The lowest BCUT2D eigenvalue weighted by molar-refractivity contribution is -0.120. The molecule has 24 heavy (non-hydrogen) atoms. The van der Waals surface area contributed by atoms with Gasteiger partial charge in [0.25, 0.3) is 0 Å². The summed E-state index contributed by atoms with van der Waals surface area (Å²) in [5.41, 5.74) is 1.99. The number of anilines is 1. The van der Waals surface area contributed by atoms with E-state index in [-0.39, 0.29) is 11.9 Å². The first-order valence-corrected chi connectivity index (χ1v) is 8.86. The smallest absolute Gasteiger partial charge is 0.241 e. The topological polar surface area (TPSA) is 50.8 Å². The first kappa shape index (κ1) is 16.8. The molecule has 5 nitrogen and oxygen atoms in total. The number of likely N-dealkylation sites (N-methyl/N-ethyl adjacent to an activating group) is 1. The number of nitrogens with zero attached hydrogens (tertiary/aromatic N) is 1. The lowest BCUT2D eigenvalue weighted by atomic mass is 10.2. The second-order valence-electron chi connectivity index (χ2n) is 5.97. The fourth-order valence-corrected chi connectivity index (χ4v) is 3.47. The van der Waals surface area contributed by atoms with E-state index in [0.717, 1.165) is 18.0 Å². The third-order valence-electron chi connectivity index (χ3n) is 4.21. The quantitative estimate of drug-likeness (QED) is 0.903. The van der Waals surface area contributed by atoms with Crippen molar-refractivity contribution in [3.63, 3.8) is 0 Å². The van der Waals surface area contributed by atoms with Gasteiger partial charge in [0.1, 0.15) is 13.2 Å². The van der Waals surface area contributed by atoms with Crippen LogP contribution in [0, 0.1) is 6.92 Å². The van der Waals surface area contributed by atoms with Gasteiger partial charge < -0.3 is 14.8 Å². The molecule has 0 aliphatic carbocycles. The average Bonchev–Trinajstić information content (AvgIpc) is 2.98. The average molecular weight is 346 g/mol. The monoisotopic (exact) mass is 346 g/mol. The molecule has 1 aliphatic rings. The van der Waals surface area contributed by atoms with E-state index in [0.29, 0.717) is 19.0 Å². The second kappa shape index (κ2) is 7.23. The number of aryl methyl sites for hydroxylation is 1. The maximum atomic E-state index is 12.5. The number of rotatable bonds is 5. The fourth-order valence-electron chi connectivity index (χ4n) is 2.50. The van der Waals surface area contributed by atoms with Gasteiger partial charge in [0.15, 0.2) is 11.5 Å². The Kier molecular flexibility index (Phi) is 5.06.